The van der Waals surface area contributed by atoms with Crippen LogP contribution < -0.4 is 10.8 Å². The topological polar surface area (TPSA) is 114 Å². The lowest BCUT2D eigenvalue weighted by molar-refractivity contribution is -0.144. The number of aliphatic carboxylic acids is 1. The molecule has 0 aliphatic heterocycles. The molecule has 0 atom stereocenters. The van der Waals surface area contributed by atoms with Gasteiger partial charge in [0.05, 0.1) is 0 Å². The number of carboxylic acid groups (broad SMARTS) is 1. The monoisotopic (exact) mass is 466 g/mol. The van der Waals surface area contributed by atoms with Gasteiger partial charge in [0.25, 0.3) is 5.91 Å². The van der Waals surface area contributed by atoms with E-state index >= 15 is 0 Å². The molecule has 3 N–H and O–H groups in total. The fourth-order valence-electron chi connectivity index (χ4n) is 3.77. The van der Waals surface area contributed by atoms with Crippen LogP contribution in [0.5, 0.6) is 0 Å². The minimum Gasteiger partial charge on any atom is -0.479 e. The number of halogens is 1. The molecule has 1 aliphatic rings. The first-order valence-electron chi connectivity index (χ1n) is 9.99. The van der Waals surface area contributed by atoms with Gasteiger partial charge in [0.15, 0.2) is 6.61 Å². The molecule has 0 heterocycles. The van der Waals surface area contributed by atoms with E-state index in [4.69, 9.17) is 21.4 Å². The van der Waals surface area contributed by atoms with Crippen LogP contribution in [0.1, 0.15) is 27.4 Å². The smallest absolute Gasteiger partial charge is 0.411 e. The normalized spacial score (nSPS) is 11.9. The van der Waals surface area contributed by atoms with Gasteiger partial charge in [-0.1, -0.05) is 60.1 Å². The van der Waals surface area contributed by atoms with Crippen molar-refractivity contribution in [1.29, 1.82) is 0 Å². The second-order valence-corrected chi connectivity index (χ2v) is 7.73. The number of nitrogens with one attached hydrogen (secondary N) is 2. The molecule has 8 nitrogen and oxygen atoms in total. The van der Waals surface area contributed by atoms with Gasteiger partial charge in [-0.2, -0.15) is 0 Å². The Labute approximate surface area is 194 Å². The van der Waals surface area contributed by atoms with Crippen molar-refractivity contribution in [2.24, 2.45) is 0 Å². The summed E-state index contributed by atoms with van der Waals surface area (Å²) in [5.41, 5.74) is 6.74. The molecular formula is C24H19ClN2O6. The van der Waals surface area contributed by atoms with Crippen molar-refractivity contribution in [3.05, 3.63) is 88.4 Å². The molecule has 2 amide bonds. The van der Waals surface area contributed by atoms with Gasteiger partial charge in [-0.25, -0.2) is 15.1 Å². The maximum absolute atomic E-state index is 12.5. The number of hydrogen-bond acceptors (Lipinski definition) is 5. The molecule has 3 aromatic carbocycles. The summed E-state index contributed by atoms with van der Waals surface area (Å²) in [6.07, 6.45) is -0.701. The zero-order chi connectivity index (χ0) is 23.4. The fourth-order valence-corrected chi connectivity index (χ4v) is 4.00. The SMILES string of the molecule is O=C(O)CONC(=O)c1cc(Cl)cc(NC(=O)OCC2c3ccccc3-c3ccccc32)c1. The van der Waals surface area contributed by atoms with Crippen LogP contribution in [0.15, 0.2) is 66.7 Å². The summed E-state index contributed by atoms with van der Waals surface area (Å²) in [7, 11) is 0. The van der Waals surface area contributed by atoms with E-state index in [1.165, 1.54) is 18.2 Å². The number of hydroxylamine groups is 1. The van der Waals surface area contributed by atoms with Crippen LogP contribution >= 0.6 is 11.6 Å². The summed E-state index contributed by atoms with van der Waals surface area (Å²) in [6.45, 7) is -0.562. The van der Waals surface area contributed by atoms with Gasteiger partial charge < -0.3 is 9.84 Å². The van der Waals surface area contributed by atoms with Crippen LogP contribution in [-0.2, 0) is 14.4 Å². The Morgan fingerprint density at radius 3 is 2.21 bits per heavy atom. The number of amides is 2. The van der Waals surface area contributed by atoms with E-state index in [1.807, 2.05) is 54.0 Å². The van der Waals surface area contributed by atoms with Gasteiger partial charge >= 0.3 is 12.1 Å². The summed E-state index contributed by atoms with van der Waals surface area (Å²) in [6, 6.07) is 20.2. The van der Waals surface area contributed by atoms with Crippen LogP contribution in [-0.4, -0.2) is 36.3 Å². The largest absolute Gasteiger partial charge is 0.479 e. The minimum atomic E-state index is -1.24. The van der Waals surface area contributed by atoms with E-state index in [1.54, 1.807) is 0 Å². The Morgan fingerprint density at radius 2 is 1.58 bits per heavy atom. The molecule has 3 aromatic rings. The number of carbonyl (C=O) groups is 3. The van der Waals surface area contributed by atoms with Crippen LogP contribution in [0.2, 0.25) is 5.02 Å². The van der Waals surface area contributed by atoms with Crippen LogP contribution in [0, 0.1) is 0 Å². The second kappa shape index (κ2) is 9.72. The zero-order valence-corrected chi connectivity index (χ0v) is 18.0. The highest BCUT2D eigenvalue weighted by molar-refractivity contribution is 6.31. The van der Waals surface area contributed by atoms with Crippen LogP contribution in [0.3, 0.4) is 0 Å². The molecule has 0 spiro atoms. The van der Waals surface area contributed by atoms with Crippen molar-refractivity contribution in [3.63, 3.8) is 0 Å². The van der Waals surface area contributed by atoms with Gasteiger partial charge in [-0.05, 0) is 40.5 Å². The summed E-state index contributed by atoms with van der Waals surface area (Å²) in [5, 5.41) is 11.3. The molecule has 0 saturated heterocycles. The molecule has 4 rings (SSSR count). The summed E-state index contributed by atoms with van der Waals surface area (Å²) in [4.78, 5) is 39.6. The standard InChI is InChI=1S/C24H19ClN2O6/c25-15-9-14(23(30)27-33-13-22(28)29)10-16(11-15)26-24(31)32-12-21-19-7-3-1-5-17(19)18-6-2-4-8-20(18)21/h1-11,21H,12-13H2,(H,26,31)(H,27,30)(H,28,29). The molecule has 0 saturated carbocycles. The molecule has 0 bridgehead atoms. The predicted octanol–water partition coefficient (Wildman–Crippen LogP) is 4.45. The summed E-state index contributed by atoms with van der Waals surface area (Å²) >= 11 is 6.05. The van der Waals surface area contributed by atoms with Gasteiger partial charge in [0.2, 0.25) is 0 Å². The van der Waals surface area contributed by atoms with Crippen molar-refractivity contribution in [1.82, 2.24) is 5.48 Å². The van der Waals surface area contributed by atoms with E-state index in [0.29, 0.717) is 0 Å². The third kappa shape index (κ3) is 5.14. The van der Waals surface area contributed by atoms with E-state index in [-0.39, 0.29) is 28.8 Å². The lowest BCUT2D eigenvalue weighted by Crippen LogP contribution is -2.26. The number of rotatable bonds is 7. The van der Waals surface area contributed by atoms with E-state index in [9.17, 15) is 14.4 Å². The van der Waals surface area contributed by atoms with Gasteiger partial charge in [-0.15, -0.1) is 0 Å². The van der Waals surface area contributed by atoms with Crippen molar-refractivity contribution >= 4 is 35.3 Å². The van der Waals surface area contributed by atoms with Crippen LogP contribution in [0.4, 0.5) is 10.5 Å². The van der Waals surface area contributed by atoms with Gasteiger partial charge in [0, 0.05) is 22.2 Å². The highest BCUT2D eigenvalue weighted by atomic mass is 35.5. The quantitative estimate of drug-likeness (QED) is 0.443. The lowest BCUT2D eigenvalue weighted by atomic mass is 9.98. The third-order valence-electron chi connectivity index (χ3n) is 5.11. The average Bonchev–Trinajstić information content (AvgIpc) is 3.11. The molecule has 33 heavy (non-hydrogen) atoms. The van der Waals surface area contributed by atoms with E-state index in [0.717, 1.165) is 22.3 Å². The van der Waals surface area contributed by atoms with E-state index < -0.39 is 24.6 Å². The molecule has 0 aromatic heterocycles. The summed E-state index contributed by atoms with van der Waals surface area (Å²) in [5.74, 6) is -2.04. The molecule has 9 heteroatoms. The second-order valence-electron chi connectivity index (χ2n) is 7.29. The van der Waals surface area contributed by atoms with Crippen LogP contribution in [0.25, 0.3) is 11.1 Å². The van der Waals surface area contributed by atoms with Crippen molar-refractivity contribution in [3.8, 4) is 11.1 Å². The molecular weight excluding hydrogens is 448 g/mol. The number of anilines is 1. The minimum absolute atomic E-state index is 0.0711. The Balaban J connectivity index is 1.41. The molecule has 0 unspecified atom stereocenters. The highest BCUT2D eigenvalue weighted by Crippen LogP contribution is 2.44. The average molecular weight is 467 g/mol. The van der Waals surface area contributed by atoms with Crippen molar-refractivity contribution in [2.75, 3.05) is 18.5 Å². The van der Waals surface area contributed by atoms with Gasteiger partial charge in [0.1, 0.15) is 6.61 Å². The number of carbonyl (C=O) groups excluding carboxylic acids is 2. The van der Waals surface area contributed by atoms with E-state index in [2.05, 4.69) is 10.2 Å². The van der Waals surface area contributed by atoms with Gasteiger partial charge in [-0.3, -0.25) is 14.9 Å². The Kier molecular flexibility index (Phi) is 6.58. The number of fused-ring (bicyclic) bond motifs is 3. The number of carboxylic acids is 1. The fraction of sp³-hybridized carbons (Fsp3) is 0.125. The molecule has 0 fully saturated rings. The maximum atomic E-state index is 12.5. The lowest BCUT2D eigenvalue weighted by Gasteiger charge is -2.15. The molecule has 1 aliphatic carbocycles. The third-order valence-corrected chi connectivity index (χ3v) is 5.33. The molecule has 0 radical (unpaired) electrons. The van der Waals surface area contributed by atoms with Crippen molar-refractivity contribution in [2.45, 2.75) is 5.92 Å². The first kappa shape index (κ1) is 22.3. The Morgan fingerprint density at radius 1 is 0.939 bits per heavy atom. The Bertz CT molecular complexity index is 1180. The maximum Gasteiger partial charge on any atom is 0.411 e. The highest BCUT2D eigenvalue weighted by Gasteiger charge is 2.29. The Hall–Kier alpha value is -3.88. The number of hydrogen-bond donors (Lipinski definition) is 3. The van der Waals surface area contributed by atoms with Crippen molar-refractivity contribution < 1.29 is 29.1 Å². The number of benzene rings is 3. The summed E-state index contributed by atoms with van der Waals surface area (Å²) < 4.78 is 5.49. The molecule has 168 valence electrons. The predicted molar refractivity (Wildman–Crippen MR) is 121 cm³/mol. The first-order chi connectivity index (χ1) is 15.9. The number of ether oxygens (including phenoxy) is 1. The first-order valence-corrected chi connectivity index (χ1v) is 10.4. The zero-order valence-electron chi connectivity index (χ0n) is 17.2.